The van der Waals surface area contributed by atoms with Gasteiger partial charge < -0.3 is 10.1 Å². The standard InChI is InChI=1S/C13H20N2O5S/c1-20-10-5-3-4-9-14-11-7-6-8-12(21(2,18)19)13(11)15(16)17/h6-8,14H,3-5,9-10H2,1-2H3. The van der Waals surface area contributed by atoms with Gasteiger partial charge in [0, 0.05) is 26.5 Å². The number of para-hydroxylation sites is 1. The third-order valence-corrected chi connectivity index (χ3v) is 4.05. The van der Waals surface area contributed by atoms with Crippen molar-refractivity contribution < 1.29 is 18.1 Å². The lowest BCUT2D eigenvalue weighted by atomic mass is 10.2. The minimum absolute atomic E-state index is 0.231. The predicted octanol–water partition coefficient (Wildman–Crippen LogP) is 2.23. The molecule has 0 aliphatic heterocycles. The number of unbranched alkanes of at least 4 members (excludes halogenated alkanes) is 2. The van der Waals surface area contributed by atoms with Crippen LogP contribution in [0.15, 0.2) is 23.1 Å². The zero-order chi connectivity index (χ0) is 15.9. The molecule has 8 heteroatoms. The monoisotopic (exact) mass is 316 g/mol. The fourth-order valence-electron chi connectivity index (χ4n) is 1.92. The number of methoxy groups -OCH3 is 1. The normalized spacial score (nSPS) is 11.3. The Bertz CT molecular complexity index is 586. The van der Waals surface area contributed by atoms with Crippen molar-refractivity contribution in [2.75, 3.05) is 31.8 Å². The molecule has 0 aliphatic carbocycles. The summed E-state index contributed by atoms with van der Waals surface area (Å²) in [6.45, 7) is 1.22. The van der Waals surface area contributed by atoms with E-state index in [0.29, 0.717) is 13.2 Å². The van der Waals surface area contributed by atoms with E-state index in [4.69, 9.17) is 4.74 Å². The maximum Gasteiger partial charge on any atom is 0.310 e. The molecule has 0 saturated carbocycles. The van der Waals surface area contributed by atoms with Crippen molar-refractivity contribution in [2.24, 2.45) is 0 Å². The van der Waals surface area contributed by atoms with Crippen molar-refractivity contribution >= 4 is 21.2 Å². The van der Waals surface area contributed by atoms with Gasteiger partial charge in [-0.2, -0.15) is 0 Å². The predicted molar refractivity (Wildman–Crippen MR) is 80.4 cm³/mol. The summed E-state index contributed by atoms with van der Waals surface area (Å²) in [7, 11) is -2.00. The highest BCUT2D eigenvalue weighted by Crippen LogP contribution is 2.31. The lowest BCUT2D eigenvalue weighted by molar-refractivity contribution is -0.386. The van der Waals surface area contributed by atoms with Crippen LogP contribution in [0.2, 0.25) is 0 Å². The van der Waals surface area contributed by atoms with Gasteiger partial charge in [-0.25, -0.2) is 8.42 Å². The largest absolute Gasteiger partial charge is 0.385 e. The second-order valence-corrected chi connectivity index (χ2v) is 6.65. The summed E-state index contributed by atoms with van der Waals surface area (Å²) < 4.78 is 28.2. The van der Waals surface area contributed by atoms with Gasteiger partial charge in [0.15, 0.2) is 9.84 Å². The van der Waals surface area contributed by atoms with E-state index in [-0.39, 0.29) is 10.6 Å². The van der Waals surface area contributed by atoms with Gasteiger partial charge in [-0.15, -0.1) is 0 Å². The van der Waals surface area contributed by atoms with E-state index >= 15 is 0 Å². The Kier molecular flexibility index (Phi) is 6.57. The number of nitro groups is 1. The number of hydrogen-bond donors (Lipinski definition) is 1. The molecule has 0 spiro atoms. The van der Waals surface area contributed by atoms with Gasteiger partial charge in [0.05, 0.1) is 4.92 Å². The molecule has 7 nitrogen and oxygen atoms in total. The van der Waals surface area contributed by atoms with Crippen molar-refractivity contribution in [1.29, 1.82) is 0 Å². The van der Waals surface area contributed by atoms with Crippen LogP contribution in [0.5, 0.6) is 0 Å². The Morgan fingerprint density at radius 2 is 2.00 bits per heavy atom. The van der Waals surface area contributed by atoms with Gasteiger partial charge in [-0.05, 0) is 31.4 Å². The first-order chi connectivity index (χ1) is 9.88. The fourth-order valence-corrected chi connectivity index (χ4v) is 2.79. The summed E-state index contributed by atoms with van der Waals surface area (Å²) in [6, 6.07) is 4.26. The Morgan fingerprint density at radius 1 is 1.29 bits per heavy atom. The van der Waals surface area contributed by atoms with Crippen LogP contribution in [-0.4, -0.2) is 39.9 Å². The number of nitrogens with zero attached hydrogens (tertiary/aromatic N) is 1. The SMILES string of the molecule is COCCCCCNc1cccc(S(C)(=O)=O)c1[N+](=O)[O-]. The second kappa shape index (κ2) is 7.94. The van der Waals surface area contributed by atoms with Crippen LogP contribution in [0, 0.1) is 10.1 Å². The Morgan fingerprint density at radius 3 is 2.57 bits per heavy atom. The van der Waals surface area contributed by atoms with Gasteiger partial charge in [-0.3, -0.25) is 10.1 Å². The van der Waals surface area contributed by atoms with Crippen LogP contribution in [0.25, 0.3) is 0 Å². The van der Waals surface area contributed by atoms with E-state index in [1.807, 2.05) is 0 Å². The molecule has 21 heavy (non-hydrogen) atoms. The number of hydrogen-bond acceptors (Lipinski definition) is 6. The second-order valence-electron chi connectivity index (χ2n) is 4.66. The summed E-state index contributed by atoms with van der Waals surface area (Å²) >= 11 is 0. The molecule has 0 atom stereocenters. The average Bonchev–Trinajstić information content (AvgIpc) is 2.41. The van der Waals surface area contributed by atoms with Crippen molar-refractivity contribution in [1.82, 2.24) is 0 Å². The van der Waals surface area contributed by atoms with Gasteiger partial charge in [0.2, 0.25) is 0 Å². The average molecular weight is 316 g/mol. The summed E-state index contributed by atoms with van der Waals surface area (Å²) in [4.78, 5) is 10.2. The van der Waals surface area contributed by atoms with Crippen LogP contribution >= 0.6 is 0 Å². The van der Waals surface area contributed by atoms with E-state index in [1.54, 1.807) is 7.11 Å². The first-order valence-corrected chi connectivity index (χ1v) is 8.47. The van der Waals surface area contributed by atoms with E-state index in [0.717, 1.165) is 25.5 Å². The molecule has 1 aromatic rings. The lowest BCUT2D eigenvalue weighted by Crippen LogP contribution is -2.08. The summed E-state index contributed by atoms with van der Waals surface area (Å²) in [5.41, 5.74) is -0.161. The van der Waals surface area contributed by atoms with Gasteiger partial charge in [0.1, 0.15) is 10.6 Å². The van der Waals surface area contributed by atoms with E-state index in [9.17, 15) is 18.5 Å². The molecular formula is C13H20N2O5S. The molecule has 0 unspecified atom stereocenters. The molecule has 0 amide bonds. The third kappa shape index (κ3) is 5.31. The summed E-state index contributed by atoms with van der Waals surface area (Å²) in [5, 5.41) is 14.1. The van der Waals surface area contributed by atoms with E-state index < -0.39 is 20.4 Å². The molecule has 0 radical (unpaired) electrons. The molecule has 0 bridgehead atoms. The third-order valence-electron chi connectivity index (χ3n) is 2.92. The summed E-state index contributed by atoms with van der Waals surface area (Å²) in [5.74, 6) is 0. The Hall–Kier alpha value is -1.67. The first kappa shape index (κ1) is 17.4. The molecule has 0 saturated heterocycles. The van der Waals surface area contributed by atoms with Crippen molar-refractivity contribution in [2.45, 2.75) is 24.2 Å². The van der Waals surface area contributed by atoms with Gasteiger partial charge in [0.25, 0.3) is 0 Å². The molecule has 1 rings (SSSR count). The number of rotatable bonds is 9. The van der Waals surface area contributed by atoms with Crippen molar-refractivity contribution in [3.05, 3.63) is 28.3 Å². The number of benzene rings is 1. The topological polar surface area (TPSA) is 98.5 Å². The molecule has 0 aromatic heterocycles. The minimum atomic E-state index is -3.64. The Labute approximate surface area is 124 Å². The molecule has 1 aromatic carbocycles. The van der Waals surface area contributed by atoms with Crippen LogP contribution in [0.4, 0.5) is 11.4 Å². The molecule has 0 fully saturated rings. The lowest BCUT2D eigenvalue weighted by Gasteiger charge is -2.09. The number of nitrogens with one attached hydrogen (secondary N) is 1. The smallest absolute Gasteiger partial charge is 0.310 e. The molecule has 0 heterocycles. The van der Waals surface area contributed by atoms with Gasteiger partial charge in [-0.1, -0.05) is 6.07 Å². The molecule has 118 valence electrons. The fraction of sp³-hybridized carbons (Fsp3) is 0.538. The van der Waals surface area contributed by atoms with Crippen LogP contribution in [-0.2, 0) is 14.6 Å². The highest BCUT2D eigenvalue weighted by Gasteiger charge is 2.25. The van der Waals surface area contributed by atoms with E-state index in [2.05, 4.69) is 5.32 Å². The Balaban J connectivity index is 2.81. The minimum Gasteiger partial charge on any atom is -0.385 e. The molecular weight excluding hydrogens is 296 g/mol. The number of nitro benzene ring substituents is 1. The molecule has 0 aliphatic rings. The van der Waals surface area contributed by atoms with Crippen LogP contribution in [0.1, 0.15) is 19.3 Å². The maximum atomic E-state index is 11.6. The van der Waals surface area contributed by atoms with Crippen molar-refractivity contribution in [3.8, 4) is 0 Å². The van der Waals surface area contributed by atoms with Gasteiger partial charge >= 0.3 is 5.69 Å². The molecule has 1 N–H and O–H groups in total. The zero-order valence-corrected chi connectivity index (χ0v) is 13.0. The first-order valence-electron chi connectivity index (χ1n) is 6.58. The highest BCUT2D eigenvalue weighted by atomic mass is 32.2. The van der Waals surface area contributed by atoms with E-state index in [1.165, 1.54) is 18.2 Å². The summed E-state index contributed by atoms with van der Waals surface area (Å²) in [6.07, 6.45) is 3.64. The quantitative estimate of drug-likeness (QED) is 0.426. The highest BCUT2D eigenvalue weighted by molar-refractivity contribution is 7.90. The van der Waals surface area contributed by atoms with Crippen LogP contribution < -0.4 is 5.32 Å². The number of sulfone groups is 1. The number of anilines is 1. The zero-order valence-electron chi connectivity index (χ0n) is 12.2. The maximum absolute atomic E-state index is 11.6. The van der Waals surface area contributed by atoms with Crippen molar-refractivity contribution in [3.63, 3.8) is 0 Å². The number of ether oxygens (including phenoxy) is 1. The van der Waals surface area contributed by atoms with Crippen LogP contribution in [0.3, 0.4) is 0 Å².